The molecule has 19 heavy (non-hydrogen) atoms. The first-order chi connectivity index (χ1) is 9.06. The minimum Gasteiger partial charge on any atom is -0.396 e. The molecule has 0 saturated heterocycles. The topological polar surface area (TPSA) is 75.4 Å². The van der Waals surface area contributed by atoms with Crippen LogP contribution in [0.1, 0.15) is 31.2 Å². The van der Waals surface area contributed by atoms with Gasteiger partial charge in [-0.3, -0.25) is 10.1 Å². The highest BCUT2D eigenvalue weighted by Crippen LogP contribution is 2.43. The van der Waals surface area contributed by atoms with Crippen molar-refractivity contribution in [2.24, 2.45) is 5.41 Å². The fourth-order valence-corrected chi connectivity index (χ4v) is 2.67. The Labute approximate surface area is 112 Å². The SMILES string of the molecule is Cc1cc([N+](=O)[O-])ccc1NCC1(CCO)CCC1. The number of aliphatic hydroxyl groups excluding tert-OH is 1. The van der Waals surface area contributed by atoms with Gasteiger partial charge in [-0.1, -0.05) is 6.42 Å². The molecule has 2 N–H and O–H groups in total. The molecule has 1 aliphatic rings. The van der Waals surface area contributed by atoms with Crippen LogP contribution in [0.3, 0.4) is 0 Å². The molecule has 1 aromatic rings. The third-order valence-corrected chi connectivity index (χ3v) is 4.13. The summed E-state index contributed by atoms with van der Waals surface area (Å²) in [6, 6.07) is 4.87. The van der Waals surface area contributed by atoms with Crippen molar-refractivity contribution < 1.29 is 10.0 Å². The van der Waals surface area contributed by atoms with Crippen LogP contribution in [0.4, 0.5) is 11.4 Å². The lowest BCUT2D eigenvalue weighted by molar-refractivity contribution is -0.384. The predicted octanol–water partition coefficient (Wildman–Crippen LogP) is 2.87. The monoisotopic (exact) mass is 264 g/mol. The summed E-state index contributed by atoms with van der Waals surface area (Å²) >= 11 is 0. The van der Waals surface area contributed by atoms with Crippen LogP contribution < -0.4 is 5.32 Å². The van der Waals surface area contributed by atoms with Crippen LogP contribution in [0.25, 0.3) is 0 Å². The average molecular weight is 264 g/mol. The number of hydrogen-bond donors (Lipinski definition) is 2. The van der Waals surface area contributed by atoms with Crippen molar-refractivity contribution in [3.63, 3.8) is 0 Å². The summed E-state index contributed by atoms with van der Waals surface area (Å²) in [5, 5.41) is 23.2. The molecule has 0 unspecified atom stereocenters. The van der Waals surface area contributed by atoms with Crippen molar-refractivity contribution in [3.05, 3.63) is 33.9 Å². The summed E-state index contributed by atoms with van der Waals surface area (Å²) < 4.78 is 0. The van der Waals surface area contributed by atoms with E-state index in [1.807, 2.05) is 6.92 Å². The summed E-state index contributed by atoms with van der Waals surface area (Å²) in [6.45, 7) is 2.92. The number of nitro groups is 1. The van der Waals surface area contributed by atoms with Crippen LogP contribution >= 0.6 is 0 Å². The molecule has 0 aliphatic heterocycles. The van der Waals surface area contributed by atoms with Gasteiger partial charge in [-0.25, -0.2) is 0 Å². The lowest BCUT2D eigenvalue weighted by atomic mass is 9.66. The van der Waals surface area contributed by atoms with Crippen molar-refractivity contribution in [2.75, 3.05) is 18.5 Å². The number of anilines is 1. The largest absolute Gasteiger partial charge is 0.396 e. The van der Waals surface area contributed by atoms with E-state index in [-0.39, 0.29) is 22.6 Å². The molecule has 104 valence electrons. The standard InChI is InChI=1S/C14H20N2O3/c1-11-9-12(16(18)19)3-4-13(11)15-10-14(7-8-17)5-2-6-14/h3-4,9,15,17H,2,5-8,10H2,1H3. The Morgan fingerprint density at radius 2 is 2.21 bits per heavy atom. The Kier molecular flexibility index (Phi) is 4.04. The number of nitro benzene ring substituents is 1. The van der Waals surface area contributed by atoms with Crippen LogP contribution in [0.5, 0.6) is 0 Å². The van der Waals surface area contributed by atoms with Gasteiger partial charge < -0.3 is 10.4 Å². The lowest BCUT2D eigenvalue weighted by Crippen LogP contribution is -2.37. The van der Waals surface area contributed by atoms with Gasteiger partial charge in [-0.2, -0.15) is 0 Å². The summed E-state index contributed by atoms with van der Waals surface area (Å²) in [4.78, 5) is 10.3. The Balaban J connectivity index is 2.01. The van der Waals surface area contributed by atoms with E-state index in [0.29, 0.717) is 0 Å². The van der Waals surface area contributed by atoms with Gasteiger partial charge in [-0.15, -0.1) is 0 Å². The highest BCUT2D eigenvalue weighted by atomic mass is 16.6. The number of benzene rings is 1. The molecule has 1 saturated carbocycles. The molecule has 5 heteroatoms. The Bertz CT molecular complexity index is 470. The summed E-state index contributed by atoms with van der Waals surface area (Å²) in [5.41, 5.74) is 2.16. The third kappa shape index (κ3) is 3.04. The van der Waals surface area contributed by atoms with Crippen molar-refractivity contribution in [1.82, 2.24) is 0 Å². The smallest absolute Gasteiger partial charge is 0.269 e. The summed E-state index contributed by atoms with van der Waals surface area (Å²) in [7, 11) is 0. The first-order valence-corrected chi connectivity index (χ1v) is 6.66. The van der Waals surface area contributed by atoms with E-state index in [4.69, 9.17) is 5.11 Å². The molecule has 5 nitrogen and oxygen atoms in total. The zero-order valence-corrected chi connectivity index (χ0v) is 11.2. The minimum atomic E-state index is -0.379. The van der Waals surface area contributed by atoms with E-state index in [1.165, 1.54) is 12.5 Å². The molecule has 0 atom stereocenters. The number of aliphatic hydroxyl groups is 1. The van der Waals surface area contributed by atoms with E-state index < -0.39 is 0 Å². The molecular formula is C14H20N2O3. The second-order valence-corrected chi connectivity index (χ2v) is 5.44. The summed E-state index contributed by atoms with van der Waals surface area (Å²) in [5.74, 6) is 0. The van der Waals surface area contributed by atoms with E-state index in [1.54, 1.807) is 12.1 Å². The molecule has 0 amide bonds. The molecule has 1 aliphatic carbocycles. The van der Waals surface area contributed by atoms with Gasteiger partial charge >= 0.3 is 0 Å². The molecule has 1 aromatic carbocycles. The van der Waals surface area contributed by atoms with Gasteiger partial charge in [0.25, 0.3) is 5.69 Å². The Morgan fingerprint density at radius 3 is 2.68 bits per heavy atom. The minimum absolute atomic E-state index is 0.122. The van der Waals surface area contributed by atoms with Crippen molar-refractivity contribution in [1.29, 1.82) is 0 Å². The number of non-ortho nitro benzene ring substituents is 1. The maximum Gasteiger partial charge on any atom is 0.269 e. The van der Waals surface area contributed by atoms with Crippen molar-refractivity contribution >= 4 is 11.4 Å². The zero-order chi connectivity index (χ0) is 13.9. The second kappa shape index (κ2) is 5.57. The predicted molar refractivity (Wildman–Crippen MR) is 74.3 cm³/mol. The number of rotatable bonds is 6. The molecule has 0 bridgehead atoms. The fraction of sp³-hybridized carbons (Fsp3) is 0.571. The van der Waals surface area contributed by atoms with Crippen molar-refractivity contribution in [3.8, 4) is 0 Å². The number of nitrogens with one attached hydrogen (secondary N) is 1. The maximum absolute atomic E-state index is 10.7. The van der Waals surface area contributed by atoms with E-state index in [2.05, 4.69) is 5.32 Å². The van der Waals surface area contributed by atoms with Gasteiger partial charge in [0.2, 0.25) is 0 Å². The summed E-state index contributed by atoms with van der Waals surface area (Å²) in [6.07, 6.45) is 4.34. The highest BCUT2D eigenvalue weighted by molar-refractivity contribution is 5.55. The number of nitrogens with zero attached hydrogens (tertiary/aromatic N) is 1. The number of aryl methyl sites for hydroxylation is 1. The lowest BCUT2D eigenvalue weighted by Gasteiger charge is -2.42. The average Bonchev–Trinajstić information content (AvgIpc) is 2.33. The normalized spacial score (nSPS) is 16.7. The first kappa shape index (κ1) is 13.8. The molecular weight excluding hydrogens is 244 g/mol. The van der Waals surface area contributed by atoms with E-state index in [0.717, 1.165) is 37.1 Å². The zero-order valence-electron chi connectivity index (χ0n) is 11.2. The maximum atomic E-state index is 10.7. The Hall–Kier alpha value is -1.62. The van der Waals surface area contributed by atoms with Gasteiger partial charge in [-0.05, 0) is 43.2 Å². The van der Waals surface area contributed by atoms with Crippen LogP contribution in [-0.4, -0.2) is 23.2 Å². The van der Waals surface area contributed by atoms with Crippen LogP contribution in [0.2, 0.25) is 0 Å². The molecule has 0 heterocycles. The first-order valence-electron chi connectivity index (χ1n) is 6.66. The van der Waals surface area contributed by atoms with Gasteiger partial charge in [0, 0.05) is 31.0 Å². The van der Waals surface area contributed by atoms with Crippen molar-refractivity contribution in [2.45, 2.75) is 32.6 Å². The highest BCUT2D eigenvalue weighted by Gasteiger charge is 2.36. The third-order valence-electron chi connectivity index (χ3n) is 4.13. The number of hydrogen-bond acceptors (Lipinski definition) is 4. The van der Waals surface area contributed by atoms with Gasteiger partial charge in [0.05, 0.1) is 4.92 Å². The van der Waals surface area contributed by atoms with E-state index in [9.17, 15) is 10.1 Å². The Morgan fingerprint density at radius 1 is 1.47 bits per heavy atom. The van der Waals surface area contributed by atoms with E-state index >= 15 is 0 Å². The molecule has 0 radical (unpaired) electrons. The molecule has 2 rings (SSSR count). The van der Waals surface area contributed by atoms with Gasteiger partial charge in [0.1, 0.15) is 0 Å². The fourth-order valence-electron chi connectivity index (χ4n) is 2.67. The van der Waals surface area contributed by atoms with Crippen LogP contribution in [0, 0.1) is 22.5 Å². The quantitative estimate of drug-likeness (QED) is 0.612. The molecule has 0 aromatic heterocycles. The second-order valence-electron chi connectivity index (χ2n) is 5.44. The van der Waals surface area contributed by atoms with Crippen LogP contribution in [-0.2, 0) is 0 Å². The molecule has 0 spiro atoms. The van der Waals surface area contributed by atoms with Crippen LogP contribution in [0.15, 0.2) is 18.2 Å². The van der Waals surface area contributed by atoms with Gasteiger partial charge in [0.15, 0.2) is 0 Å². The molecule has 1 fully saturated rings.